The first-order valence-electron chi connectivity index (χ1n) is 13.9. The van der Waals surface area contributed by atoms with Crippen molar-refractivity contribution in [3.05, 3.63) is 51.6 Å². The monoisotopic (exact) mass is 600 g/mol. The zero-order valence-corrected chi connectivity index (χ0v) is 25.4. The van der Waals surface area contributed by atoms with Gasteiger partial charge in [-0.05, 0) is 45.2 Å². The Morgan fingerprint density at radius 1 is 1.15 bits per heavy atom. The lowest BCUT2D eigenvalue weighted by Crippen LogP contribution is -2.56. The lowest BCUT2D eigenvalue weighted by atomic mass is 9.81. The van der Waals surface area contributed by atoms with Crippen LogP contribution >= 0.6 is 23.1 Å². The summed E-state index contributed by atoms with van der Waals surface area (Å²) in [6, 6.07) is 8.38. The van der Waals surface area contributed by atoms with Crippen LogP contribution in [0, 0.1) is 5.92 Å². The second-order valence-electron chi connectivity index (χ2n) is 11.8. The Balaban J connectivity index is 1.34. The molecule has 3 atom stereocenters. The van der Waals surface area contributed by atoms with Crippen LogP contribution < -0.4 is 10.6 Å². The van der Waals surface area contributed by atoms with Crippen molar-refractivity contribution in [2.24, 2.45) is 5.92 Å². The molecule has 1 fully saturated rings. The highest BCUT2D eigenvalue weighted by Gasteiger charge is 2.38. The molecule has 0 bridgehead atoms. The molecular formula is C29H37ClN6O4S. The van der Waals surface area contributed by atoms with Crippen LogP contribution in [0.1, 0.15) is 64.0 Å². The van der Waals surface area contributed by atoms with Gasteiger partial charge in [0, 0.05) is 73.1 Å². The summed E-state index contributed by atoms with van der Waals surface area (Å²) in [7, 11) is 3.45. The molecule has 3 amide bonds. The van der Waals surface area contributed by atoms with Gasteiger partial charge < -0.3 is 20.6 Å². The van der Waals surface area contributed by atoms with Crippen LogP contribution in [0.25, 0.3) is 10.9 Å². The van der Waals surface area contributed by atoms with Crippen molar-refractivity contribution >= 4 is 51.7 Å². The van der Waals surface area contributed by atoms with Crippen molar-refractivity contribution in [1.82, 2.24) is 29.5 Å². The van der Waals surface area contributed by atoms with E-state index in [-0.39, 0.29) is 41.8 Å². The number of benzene rings is 1. The van der Waals surface area contributed by atoms with Crippen LogP contribution in [0.4, 0.5) is 0 Å². The largest absolute Gasteiger partial charge is 0.394 e. The van der Waals surface area contributed by atoms with Gasteiger partial charge in [0.15, 0.2) is 5.01 Å². The Bertz CT molecular complexity index is 1470. The van der Waals surface area contributed by atoms with Crippen LogP contribution in [0.2, 0.25) is 0 Å². The van der Waals surface area contributed by atoms with E-state index in [4.69, 9.17) is 11.8 Å². The molecule has 0 spiro atoms. The summed E-state index contributed by atoms with van der Waals surface area (Å²) in [5.74, 6) is -0.909. The topological polar surface area (TPSA) is 120 Å². The number of aliphatic hydroxyl groups excluding tert-OH is 1. The van der Waals surface area contributed by atoms with Crippen molar-refractivity contribution in [3.63, 3.8) is 0 Å². The standard InChI is InChI=1S/C29H37ClN6O4S/c1-29(2,16-37)35-12-11-20-24(15-35)41-27(33-20)26(39)32-21-13-18(28(40)34(3)4)9-10-19(21)31-25(38)23-14-17-7-5-6-8-22(17)36(23)30/h5-8,14,18-19,21,37H,9-13,15-16H2,1-4H3,(H,31,38)(H,32,39)/t18-,19-,21+/m0/s1. The first-order valence-corrected chi connectivity index (χ1v) is 15.1. The van der Waals surface area contributed by atoms with E-state index in [2.05, 4.69) is 20.5 Å². The molecule has 0 saturated heterocycles. The van der Waals surface area contributed by atoms with Crippen LogP contribution in [0.5, 0.6) is 0 Å². The Kier molecular flexibility index (Phi) is 8.43. The van der Waals surface area contributed by atoms with Gasteiger partial charge in [-0.3, -0.25) is 19.3 Å². The molecule has 12 heteroatoms. The van der Waals surface area contributed by atoms with Crippen molar-refractivity contribution in [2.45, 2.75) is 63.7 Å². The fourth-order valence-electron chi connectivity index (χ4n) is 5.75. The molecule has 1 aliphatic heterocycles. The Morgan fingerprint density at radius 2 is 1.88 bits per heavy atom. The van der Waals surface area contributed by atoms with Gasteiger partial charge in [-0.1, -0.05) is 18.2 Å². The second-order valence-corrected chi connectivity index (χ2v) is 13.2. The molecule has 1 aromatic carbocycles. The minimum absolute atomic E-state index is 0.00575. The predicted molar refractivity (Wildman–Crippen MR) is 159 cm³/mol. The summed E-state index contributed by atoms with van der Waals surface area (Å²) in [4.78, 5) is 49.1. The Hall–Kier alpha value is -2.99. The average Bonchev–Trinajstić information content (AvgIpc) is 3.54. The predicted octanol–water partition coefficient (Wildman–Crippen LogP) is 3.01. The number of nitrogens with one attached hydrogen (secondary N) is 2. The first kappa shape index (κ1) is 29.5. The molecule has 0 unspecified atom stereocenters. The summed E-state index contributed by atoms with van der Waals surface area (Å²) in [6.45, 7) is 5.43. The summed E-state index contributed by atoms with van der Waals surface area (Å²) in [6.07, 6.45) is 2.24. The summed E-state index contributed by atoms with van der Waals surface area (Å²) >= 11 is 7.84. The number of para-hydroxylation sites is 1. The number of rotatable bonds is 7. The quantitative estimate of drug-likeness (QED) is 0.384. The number of carbonyl (C=O) groups excluding carboxylic acids is 3. The lowest BCUT2D eigenvalue weighted by Gasteiger charge is -2.39. The van der Waals surface area contributed by atoms with E-state index in [0.29, 0.717) is 42.9 Å². The molecule has 5 rings (SSSR count). The molecule has 41 heavy (non-hydrogen) atoms. The van der Waals surface area contributed by atoms with E-state index in [1.165, 1.54) is 15.4 Å². The number of halogens is 1. The van der Waals surface area contributed by atoms with Gasteiger partial charge in [0.2, 0.25) is 5.91 Å². The first-order chi connectivity index (χ1) is 19.5. The fraction of sp³-hybridized carbons (Fsp3) is 0.517. The van der Waals surface area contributed by atoms with Gasteiger partial charge >= 0.3 is 0 Å². The zero-order chi connectivity index (χ0) is 29.5. The third-order valence-corrected chi connectivity index (χ3v) is 9.77. The maximum Gasteiger partial charge on any atom is 0.280 e. The van der Waals surface area contributed by atoms with Crippen LogP contribution in [-0.4, -0.2) is 86.6 Å². The number of fused-ring (bicyclic) bond motifs is 2. The highest BCUT2D eigenvalue weighted by Crippen LogP contribution is 2.31. The number of nitrogens with zero attached hydrogens (tertiary/aromatic N) is 4. The molecule has 3 N–H and O–H groups in total. The number of hydrogen-bond donors (Lipinski definition) is 3. The number of thiazole rings is 1. The van der Waals surface area contributed by atoms with E-state index in [1.807, 2.05) is 38.1 Å². The van der Waals surface area contributed by atoms with Gasteiger partial charge in [0.05, 0.1) is 23.9 Å². The van der Waals surface area contributed by atoms with E-state index < -0.39 is 6.04 Å². The number of aromatic nitrogens is 2. The third-order valence-electron chi connectivity index (χ3n) is 8.33. The second kappa shape index (κ2) is 11.7. The number of hydrogen-bond acceptors (Lipinski definition) is 7. The molecule has 2 aromatic heterocycles. The third kappa shape index (κ3) is 5.99. The molecule has 1 aliphatic carbocycles. The molecule has 0 radical (unpaired) electrons. The molecular weight excluding hydrogens is 564 g/mol. The number of carbonyl (C=O) groups is 3. The maximum absolute atomic E-state index is 13.5. The minimum atomic E-state index is -0.465. The highest BCUT2D eigenvalue weighted by atomic mass is 35.5. The summed E-state index contributed by atoms with van der Waals surface area (Å²) in [5.41, 5.74) is 1.60. The summed E-state index contributed by atoms with van der Waals surface area (Å²) in [5, 5.41) is 17.2. The van der Waals surface area contributed by atoms with Gasteiger partial charge in [-0.15, -0.1) is 11.3 Å². The van der Waals surface area contributed by atoms with Crippen LogP contribution in [0.15, 0.2) is 30.3 Å². The zero-order valence-electron chi connectivity index (χ0n) is 23.8. The molecule has 3 heterocycles. The van der Waals surface area contributed by atoms with Crippen molar-refractivity contribution in [2.75, 3.05) is 27.2 Å². The van der Waals surface area contributed by atoms with E-state index in [0.717, 1.165) is 28.0 Å². The van der Waals surface area contributed by atoms with E-state index in [1.54, 1.807) is 25.1 Å². The van der Waals surface area contributed by atoms with Crippen molar-refractivity contribution < 1.29 is 19.5 Å². The van der Waals surface area contributed by atoms with Crippen molar-refractivity contribution in [3.8, 4) is 0 Å². The van der Waals surface area contributed by atoms with Crippen LogP contribution in [-0.2, 0) is 17.8 Å². The SMILES string of the molecule is CN(C)C(=O)[C@H]1CC[C@H](NC(=O)c2cc3ccccc3n2Cl)[C@H](NC(=O)c2nc3c(s2)CN(C(C)(C)CO)CC3)C1. The lowest BCUT2D eigenvalue weighted by molar-refractivity contribution is -0.134. The molecule has 220 valence electrons. The Morgan fingerprint density at radius 3 is 2.59 bits per heavy atom. The van der Waals surface area contributed by atoms with Gasteiger partial charge in [0.1, 0.15) is 5.69 Å². The average molecular weight is 601 g/mol. The molecule has 10 nitrogen and oxygen atoms in total. The van der Waals surface area contributed by atoms with E-state index >= 15 is 0 Å². The minimum Gasteiger partial charge on any atom is -0.394 e. The molecule has 3 aromatic rings. The highest BCUT2D eigenvalue weighted by molar-refractivity contribution is 7.13. The van der Waals surface area contributed by atoms with Crippen molar-refractivity contribution in [1.29, 1.82) is 0 Å². The van der Waals surface area contributed by atoms with Gasteiger partial charge in [0.25, 0.3) is 11.8 Å². The van der Waals surface area contributed by atoms with Crippen LogP contribution in [0.3, 0.4) is 0 Å². The molecule has 2 aliphatic rings. The number of amides is 3. The molecule has 1 saturated carbocycles. The normalized spacial score (nSPS) is 21.4. The fourth-order valence-corrected chi connectivity index (χ4v) is 7.06. The maximum atomic E-state index is 13.5. The van der Waals surface area contributed by atoms with E-state index in [9.17, 15) is 19.5 Å². The Labute approximate surface area is 248 Å². The van der Waals surface area contributed by atoms with Gasteiger partial charge in [-0.25, -0.2) is 9.07 Å². The number of aliphatic hydroxyl groups is 1. The summed E-state index contributed by atoms with van der Waals surface area (Å²) < 4.78 is 1.35. The van der Waals surface area contributed by atoms with Gasteiger partial charge in [-0.2, -0.15) is 0 Å². The smallest absolute Gasteiger partial charge is 0.280 e.